The Labute approximate surface area is 105 Å². The molecule has 0 aliphatic carbocycles. The lowest BCUT2D eigenvalue weighted by Crippen LogP contribution is -1.86. The molecular weight excluding hydrogens is 234 g/mol. The highest BCUT2D eigenvalue weighted by Gasteiger charge is 2.03. The van der Waals surface area contributed by atoms with Crippen molar-refractivity contribution in [2.45, 2.75) is 23.8 Å². The van der Waals surface area contributed by atoms with E-state index in [4.69, 9.17) is 4.98 Å². The Balaban J connectivity index is 2.50. The Kier molecular flexibility index (Phi) is 4.13. The van der Waals surface area contributed by atoms with Crippen molar-refractivity contribution < 1.29 is 0 Å². The fourth-order valence-corrected chi connectivity index (χ4v) is 3.00. The molecule has 0 spiro atoms. The van der Waals surface area contributed by atoms with Crippen molar-refractivity contribution in [2.75, 3.05) is 11.5 Å². The number of thioether (sulfide) groups is 2. The molecule has 0 N–H and O–H groups in total. The van der Waals surface area contributed by atoms with Gasteiger partial charge in [0.1, 0.15) is 0 Å². The predicted octanol–water partition coefficient (Wildman–Crippen LogP) is 4.46. The molecule has 84 valence electrons. The summed E-state index contributed by atoms with van der Waals surface area (Å²) in [5.74, 6) is 2.16. The minimum atomic E-state index is 1.07. The van der Waals surface area contributed by atoms with Crippen molar-refractivity contribution in [1.29, 1.82) is 0 Å². The van der Waals surface area contributed by atoms with Crippen LogP contribution in [-0.2, 0) is 0 Å². The molecule has 0 aliphatic heterocycles. The molecule has 0 aliphatic rings. The van der Waals surface area contributed by atoms with E-state index in [2.05, 4.69) is 44.2 Å². The van der Waals surface area contributed by atoms with Crippen LogP contribution < -0.4 is 0 Å². The Bertz CT molecular complexity index is 482. The molecule has 0 fully saturated rings. The lowest BCUT2D eigenvalue weighted by Gasteiger charge is -2.05. The summed E-state index contributed by atoms with van der Waals surface area (Å²) >= 11 is 3.66. The van der Waals surface area contributed by atoms with Crippen LogP contribution in [0.4, 0.5) is 0 Å². The van der Waals surface area contributed by atoms with Gasteiger partial charge in [-0.1, -0.05) is 32.0 Å². The van der Waals surface area contributed by atoms with Crippen LogP contribution in [0.2, 0.25) is 0 Å². The van der Waals surface area contributed by atoms with Gasteiger partial charge in [-0.3, -0.25) is 0 Å². The zero-order chi connectivity index (χ0) is 11.4. The van der Waals surface area contributed by atoms with E-state index >= 15 is 0 Å². The number of hydrogen-bond acceptors (Lipinski definition) is 3. The monoisotopic (exact) mass is 249 g/mol. The molecule has 0 saturated heterocycles. The second-order valence-corrected chi connectivity index (χ2v) is 5.93. The van der Waals surface area contributed by atoms with Crippen LogP contribution in [0, 0.1) is 0 Å². The Morgan fingerprint density at radius 1 is 1.00 bits per heavy atom. The van der Waals surface area contributed by atoms with E-state index in [1.807, 2.05) is 11.8 Å². The SMILES string of the molecule is CCSc1ccc2cccc(SCC)c2n1. The molecule has 0 saturated carbocycles. The fourth-order valence-electron chi connectivity index (χ4n) is 1.60. The average molecular weight is 249 g/mol. The number of fused-ring (bicyclic) bond motifs is 1. The van der Waals surface area contributed by atoms with Crippen LogP contribution in [-0.4, -0.2) is 16.5 Å². The van der Waals surface area contributed by atoms with Gasteiger partial charge < -0.3 is 0 Å². The van der Waals surface area contributed by atoms with Crippen molar-refractivity contribution in [1.82, 2.24) is 4.98 Å². The van der Waals surface area contributed by atoms with Crippen molar-refractivity contribution in [3.63, 3.8) is 0 Å². The first-order valence-corrected chi connectivity index (χ1v) is 7.47. The number of aromatic nitrogens is 1. The summed E-state index contributed by atoms with van der Waals surface area (Å²) < 4.78 is 0. The molecule has 0 radical (unpaired) electrons. The van der Waals surface area contributed by atoms with E-state index in [1.54, 1.807) is 11.8 Å². The second kappa shape index (κ2) is 5.60. The zero-order valence-corrected chi connectivity index (χ0v) is 11.2. The number of para-hydroxylation sites is 1. The first-order valence-electron chi connectivity index (χ1n) is 5.50. The molecule has 1 nitrogen and oxygen atoms in total. The Morgan fingerprint density at radius 2 is 1.81 bits per heavy atom. The first kappa shape index (κ1) is 11.8. The minimum Gasteiger partial charge on any atom is -0.240 e. The van der Waals surface area contributed by atoms with Gasteiger partial charge in [0, 0.05) is 10.3 Å². The normalized spacial score (nSPS) is 10.9. The molecule has 3 heteroatoms. The van der Waals surface area contributed by atoms with Crippen LogP contribution in [0.25, 0.3) is 10.9 Å². The van der Waals surface area contributed by atoms with Crippen molar-refractivity contribution >= 4 is 34.4 Å². The third kappa shape index (κ3) is 2.53. The third-order valence-electron chi connectivity index (χ3n) is 2.25. The van der Waals surface area contributed by atoms with E-state index in [9.17, 15) is 0 Å². The lowest BCUT2D eigenvalue weighted by molar-refractivity contribution is 1.17. The summed E-state index contributed by atoms with van der Waals surface area (Å²) in [4.78, 5) is 6.02. The highest BCUT2D eigenvalue weighted by Crippen LogP contribution is 2.28. The quantitative estimate of drug-likeness (QED) is 0.743. The average Bonchev–Trinajstić information content (AvgIpc) is 2.31. The molecule has 0 bridgehead atoms. The summed E-state index contributed by atoms with van der Waals surface area (Å²) in [6.07, 6.45) is 0. The maximum atomic E-state index is 4.73. The van der Waals surface area contributed by atoms with E-state index in [1.165, 1.54) is 10.3 Å². The van der Waals surface area contributed by atoms with Gasteiger partial charge in [0.2, 0.25) is 0 Å². The fraction of sp³-hybridized carbons (Fsp3) is 0.308. The Hall–Kier alpha value is -0.670. The molecule has 0 unspecified atom stereocenters. The number of benzene rings is 1. The molecule has 1 heterocycles. The van der Waals surface area contributed by atoms with Gasteiger partial charge >= 0.3 is 0 Å². The van der Waals surface area contributed by atoms with Crippen molar-refractivity contribution in [3.05, 3.63) is 30.3 Å². The van der Waals surface area contributed by atoms with Gasteiger partial charge in [-0.25, -0.2) is 4.98 Å². The van der Waals surface area contributed by atoms with Gasteiger partial charge in [-0.2, -0.15) is 0 Å². The van der Waals surface area contributed by atoms with Gasteiger partial charge in [-0.15, -0.1) is 23.5 Å². The van der Waals surface area contributed by atoms with Crippen LogP contribution in [0.3, 0.4) is 0 Å². The summed E-state index contributed by atoms with van der Waals surface area (Å²) in [5.41, 5.74) is 1.15. The lowest BCUT2D eigenvalue weighted by atomic mass is 10.2. The molecule has 16 heavy (non-hydrogen) atoms. The smallest absolute Gasteiger partial charge is 0.0967 e. The summed E-state index contributed by atoms with van der Waals surface area (Å²) in [6.45, 7) is 4.33. The second-order valence-electron chi connectivity index (χ2n) is 3.34. The standard InChI is InChI=1S/C13H15NS2/c1-3-15-11-7-5-6-10-8-9-12(16-4-2)14-13(10)11/h5-9H,3-4H2,1-2H3. The number of rotatable bonds is 4. The number of pyridine rings is 1. The van der Waals surface area contributed by atoms with Gasteiger partial charge in [0.25, 0.3) is 0 Å². The number of nitrogens with zero attached hydrogens (tertiary/aromatic N) is 1. The maximum Gasteiger partial charge on any atom is 0.0967 e. The van der Waals surface area contributed by atoms with Crippen LogP contribution in [0.1, 0.15) is 13.8 Å². The summed E-state index contributed by atoms with van der Waals surface area (Å²) in [6, 6.07) is 10.7. The largest absolute Gasteiger partial charge is 0.240 e. The van der Waals surface area contributed by atoms with Crippen LogP contribution in [0.15, 0.2) is 40.3 Å². The van der Waals surface area contributed by atoms with Gasteiger partial charge in [0.05, 0.1) is 10.5 Å². The van der Waals surface area contributed by atoms with E-state index in [0.29, 0.717) is 0 Å². The maximum absolute atomic E-state index is 4.73. The summed E-state index contributed by atoms with van der Waals surface area (Å²) in [5, 5.41) is 2.36. The van der Waals surface area contributed by atoms with Crippen LogP contribution >= 0.6 is 23.5 Å². The van der Waals surface area contributed by atoms with E-state index in [0.717, 1.165) is 22.0 Å². The van der Waals surface area contributed by atoms with E-state index < -0.39 is 0 Å². The molecule has 2 aromatic rings. The highest BCUT2D eigenvalue weighted by molar-refractivity contribution is 7.99. The molecule has 0 atom stereocenters. The highest BCUT2D eigenvalue weighted by atomic mass is 32.2. The molecular formula is C13H15NS2. The van der Waals surface area contributed by atoms with Crippen molar-refractivity contribution in [3.8, 4) is 0 Å². The molecule has 2 rings (SSSR count). The topological polar surface area (TPSA) is 12.9 Å². The van der Waals surface area contributed by atoms with Crippen molar-refractivity contribution in [2.24, 2.45) is 0 Å². The predicted molar refractivity (Wildman–Crippen MR) is 74.5 cm³/mol. The first-order chi connectivity index (χ1) is 7.85. The number of hydrogen-bond donors (Lipinski definition) is 0. The third-order valence-corrected chi connectivity index (χ3v) is 3.99. The molecule has 1 aromatic heterocycles. The zero-order valence-electron chi connectivity index (χ0n) is 9.56. The summed E-state index contributed by atoms with van der Waals surface area (Å²) in [7, 11) is 0. The van der Waals surface area contributed by atoms with Gasteiger partial charge in [0.15, 0.2) is 0 Å². The minimum absolute atomic E-state index is 1.07. The van der Waals surface area contributed by atoms with Crippen LogP contribution in [0.5, 0.6) is 0 Å². The van der Waals surface area contributed by atoms with E-state index in [-0.39, 0.29) is 0 Å². The Morgan fingerprint density at radius 3 is 2.56 bits per heavy atom. The van der Waals surface area contributed by atoms with Gasteiger partial charge in [-0.05, 0) is 23.6 Å². The molecule has 1 aromatic carbocycles. The molecule has 0 amide bonds.